The number of halogens is 1. The summed E-state index contributed by atoms with van der Waals surface area (Å²) >= 11 is 6.23. The normalized spacial score (nSPS) is 22.5. The summed E-state index contributed by atoms with van der Waals surface area (Å²) in [4.78, 5) is 0. The molecule has 2 nitrogen and oxygen atoms in total. The zero-order valence-electron chi connectivity index (χ0n) is 12.2. The fourth-order valence-corrected chi connectivity index (χ4v) is 2.72. The molecular formula is C16H24ClNO. The zero-order chi connectivity index (χ0) is 14.0. The molecule has 1 aliphatic rings. The fourth-order valence-electron chi connectivity index (χ4n) is 2.50. The van der Waals surface area contributed by atoms with E-state index in [-0.39, 0.29) is 6.10 Å². The lowest BCUT2D eigenvalue weighted by Crippen LogP contribution is -2.37. The van der Waals surface area contributed by atoms with Crippen LogP contribution in [0.15, 0.2) is 18.2 Å². The van der Waals surface area contributed by atoms with Crippen molar-refractivity contribution in [2.24, 2.45) is 11.8 Å². The average molecular weight is 282 g/mol. The van der Waals surface area contributed by atoms with Gasteiger partial charge in [-0.1, -0.05) is 25.4 Å². The first-order valence-corrected chi connectivity index (χ1v) is 7.56. The van der Waals surface area contributed by atoms with Crippen LogP contribution in [0.5, 0.6) is 5.75 Å². The molecule has 1 aliphatic carbocycles. The van der Waals surface area contributed by atoms with E-state index in [1.807, 2.05) is 32.0 Å². The highest BCUT2D eigenvalue weighted by Crippen LogP contribution is 2.36. The van der Waals surface area contributed by atoms with Gasteiger partial charge >= 0.3 is 0 Å². The van der Waals surface area contributed by atoms with Crippen molar-refractivity contribution in [2.45, 2.75) is 52.7 Å². The molecule has 2 rings (SSSR count). The second kappa shape index (κ2) is 6.04. The van der Waals surface area contributed by atoms with E-state index in [4.69, 9.17) is 16.3 Å². The van der Waals surface area contributed by atoms with E-state index in [1.165, 1.54) is 12.8 Å². The van der Waals surface area contributed by atoms with Crippen molar-refractivity contribution >= 4 is 17.3 Å². The maximum Gasteiger partial charge on any atom is 0.138 e. The second-order valence-corrected chi connectivity index (χ2v) is 6.54. The Balaban J connectivity index is 1.90. The van der Waals surface area contributed by atoms with E-state index in [9.17, 15) is 0 Å². The molecule has 0 amide bonds. The summed E-state index contributed by atoms with van der Waals surface area (Å²) in [6.07, 6.45) is 2.67. The molecule has 1 aromatic rings. The number of hydrogen-bond acceptors (Lipinski definition) is 2. The number of ether oxygens (including phenoxy) is 1. The Bertz CT molecular complexity index is 425. The molecule has 0 unspecified atom stereocenters. The number of rotatable bonds is 5. The van der Waals surface area contributed by atoms with Gasteiger partial charge in [-0.05, 0) is 56.7 Å². The summed E-state index contributed by atoms with van der Waals surface area (Å²) in [6, 6.07) is 6.55. The largest absolute Gasteiger partial charge is 0.489 e. The molecule has 1 saturated carbocycles. The van der Waals surface area contributed by atoms with Crippen molar-refractivity contribution in [3.8, 4) is 5.75 Å². The minimum Gasteiger partial charge on any atom is -0.489 e. The van der Waals surface area contributed by atoms with Crippen LogP contribution in [-0.2, 0) is 0 Å². The Hall–Kier alpha value is -0.890. The van der Waals surface area contributed by atoms with Crippen LogP contribution < -0.4 is 10.1 Å². The predicted molar refractivity (Wildman–Crippen MR) is 82.2 cm³/mol. The molecular weight excluding hydrogens is 258 g/mol. The second-order valence-electron chi connectivity index (χ2n) is 6.13. The topological polar surface area (TPSA) is 21.3 Å². The molecule has 0 aromatic heterocycles. The predicted octanol–water partition coefficient (Wildman–Crippen LogP) is 4.97. The smallest absolute Gasteiger partial charge is 0.138 e. The molecule has 0 heterocycles. The monoisotopic (exact) mass is 281 g/mol. The van der Waals surface area contributed by atoms with Gasteiger partial charge in [0, 0.05) is 11.7 Å². The van der Waals surface area contributed by atoms with Crippen LogP contribution in [-0.4, -0.2) is 12.1 Å². The highest BCUT2D eigenvalue weighted by atomic mass is 35.5. The average Bonchev–Trinajstić information content (AvgIpc) is 2.25. The van der Waals surface area contributed by atoms with Crippen molar-refractivity contribution in [3.63, 3.8) is 0 Å². The van der Waals surface area contributed by atoms with Gasteiger partial charge in [0.25, 0.3) is 0 Å². The maximum atomic E-state index is 6.23. The Kier molecular flexibility index (Phi) is 4.62. The standard InChI is InChI=1S/C16H24ClNO/c1-10(2)12-7-14(8-12)18-13-5-6-16(15(17)9-13)19-11(3)4/h5-6,9-12,14,18H,7-8H2,1-4H3. The Labute approximate surface area is 121 Å². The summed E-state index contributed by atoms with van der Waals surface area (Å²) in [5.41, 5.74) is 1.09. The van der Waals surface area contributed by atoms with Gasteiger partial charge in [-0.25, -0.2) is 0 Å². The molecule has 0 saturated heterocycles. The summed E-state index contributed by atoms with van der Waals surface area (Å²) in [5, 5.41) is 4.22. The van der Waals surface area contributed by atoms with Gasteiger partial charge < -0.3 is 10.1 Å². The lowest BCUT2D eigenvalue weighted by atomic mass is 9.73. The van der Waals surface area contributed by atoms with Crippen LogP contribution in [0.2, 0.25) is 5.02 Å². The molecule has 1 N–H and O–H groups in total. The van der Waals surface area contributed by atoms with Gasteiger partial charge in [-0.3, -0.25) is 0 Å². The molecule has 106 valence electrons. The van der Waals surface area contributed by atoms with Crippen molar-refractivity contribution in [1.29, 1.82) is 0 Å². The molecule has 0 spiro atoms. The highest BCUT2D eigenvalue weighted by Gasteiger charge is 2.30. The van der Waals surface area contributed by atoms with E-state index in [0.29, 0.717) is 11.1 Å². The Morgan fingerprint density at radius 1 is 1.21 bits per heavy atom. The first kappa shape index (κ1) is 14.5. The summed E-state index contributed by atoms with van der Waals surface area (Å²) in [6.45, 7) is 8.61. The molecule has 3 heteroatoms. The molecule has 1 aromatic carbocycles. The van der Waals surface area contributed by atoms with Gasteiger partial charge in [-0.2, -0.15) is 0 Å². The lowest BCUT2D eigenvalue weighted by Gasteiger charge is -2.39. The lowest BCUT2D eigenvalue weighted by molar-refractivity contribution is 0.212. The van der Waals surface area contributed by atoms with Gasteiger partial charge in [0.2, 0.25) is 0 Å². The van der Waals surface area contributed by atoms with Crippen LogP contribution in [0.25, 0.3) is 0 Å². The third kappa shape index (κ3) is 3.79. The van der Waals surface area contributed by atoms with Gasteiger partial charge in [0.1, 0.15) is 5.75 Å². The zero-order valence-corrected chi connectivity index (χ0v) is 13.0. The highest BCUT2D eigenvalue weighted by molar-refractivity contribution is 6.32. The van der Waals surface area contributed by atoms with E-state index < -0.39 is 0 Å². The minimum atomic E-state index is 0.148. The van der Waals surface area contributed by atoms with Gasteiger partial charge in [0.15, 0.2) is 0 Å². The molecule has 0 aliphatic heterocycles. The van der Waals surface area contributed by atoms with Crippen molar-refractivity contribution in [1.82, 2.24) is 0 Å². The van der Waals surface area contributed by atoms with E-state index in [2.05, 4.69) is 19.2 Å². The maximum absolute atomic E-state index is 6.23. The van der Waals surface area contributed by atoms with Gasteiger partial charge in [0.05, 0.1) is 11.1 Å². The summed E-state index contributed by atoms with van der Waals surface area (Å²) in [5.74, 6) is 2.43. The summed E-state index contributed by atoms with van der Waals surface area (Å²) < 4.78 is 5.63. The van der Waals surface area contributed by atoms with Crippen LogP contribution in [0.3, 0.4) is 0 Å². The number of benzene rings is 1. The SMILES string of the molecule is CC(C)Oc1ccc(NC2CC(C(C)C)C2)cc1Cl. The molecule has 1 fully saturated rings. The van der Waals surface area contributed by atoms with E-state index >= 15 is 0 Å². The fraction of sp³-hybridized carbons (Fsp3) is 0.625. The molecule has 0 radical (unpaired) electrons. The Morgan fingerprint density at radius 2 is 1.89 bits per heavy atom. The first-order valence-electron chi connectivity index (χ1n) is 7.18. The summed E-state index contributed by atoms with van der Waals surface area (Å²) in [7, 11) is 0. The first-order chi connectivity index (χ1) is 8.95. The van der Waals surface area contributed by atoms with E-state index in [0.717, 1.165) is 23.3 Å². The van der Waals surface area contributed by atoms with Crippen LogP contribution in [0.1, 0.15) is 40.5 Å². The van der Waals surface area contributed by atoms with Crippen LogP contribution in [0, 0.1) is 11.8 Å². The quantitative estimate of drug-likeness (QED) is 0.822. The van der Waals surface area contributed by atoms with Crippen LogP contribution in [0.4, 0.5) is 5.69 Å². The molecule has 19 heavy (non-hydrogen) atoms. The van der Waals surface area contributed by atoms with Gasteiger partial charge in [-0.15, -0.1) is 0 Å². The number of anilines is 1. The van der Waals surface area contributed by atoms with Crippen molar-refractivity contribution in [3.05, 3.63) is 23.2 Å². The molecule has 0 atom stereocenters. The third-order valence-corrected chi connectivity index (χ3v) is 4.08. The number of hydrogen-bond donors (Lipinski definition) is 1. The molecule has 0 bridgehead atoms. The number of nitrogens with one attached hydrogen (secondary N) is 1. The van der Waals surface area contributed by atoms with Crippen LogP contribution >= 0.6 is 11.6 Å². The van der Waals surface area contributed by atoms with Crippen molar-refractivity contribution in [2.75, 3.05) is 5.32 Å². The van der Waals surface area contributed by atoms with E-state index in [1.54, 1.807) is 0 Å². The minimum absolute atomic E-state index is 0.148. The Morgan fingerprint density at radius 3 is 2.42 bits per heavy atom. The third-order valence-electron chi connectivity index (χ3n) is 3.78. The van der Waals surface area contributed by atoms with Crippen molar-refractivity contribution < 1.29 is 4.74 Å².